The molecule has 1 heterocycles. The number of allylic oxidation sites excluding steroid dienone is 1. The van der Waals surface area contributed by atoms with Gasteiger partial charge in [0.15, 0.2) is 27.2 Å². The number of Topliss-reactive ketones (excluding diaryl/α,β-unsaturated/α-hetero) is 1. The zero-order valence-electron chi connectivity index (χ0n) is 20.5. The highest BCUT2D eigenvalue weighted by atomic mass is 32.2. The summed E-state index contributed by atoms with van der Waals surface area (Å²) in [6, 6.07) is 12.0. The van der Waals surface area contributed by atoms with Crippen molar-refractivity contribution in [3.8, 4) is 11.5 Å². The number of hydrogen-bond acceptors (Lipinski definition) is 6. The molecule has 5 rings (SSSR count). The van der Waals surface area contributed by atoms with Crippen LogP contribution in [0.3, 0.4) is 0 Å². The van der Waals surface area contributed by atoms with Gasteiger partial charge < -0.3 is 9.47 Å². The summed E-state index contributed by atoms with van der Waals surface area (Å²) >= 11 is 0. The SMILES string of the molecule is COc1ccc(C2=C(c3ccc(F)cc3F)c3ccc(OCCN4CCS(=O)(=O)CC4)cc3C2=O)cc1F. The van der Waals surface area contributed by atoms with Gasteiger partial charge in [0, 0.05) is 48.0 Å². The third-order valence-electron chi connectivity index (χ3n) is 6.74. The number of ether oxygens (including phenoxy) is 2. The van der Waals surface area contributed by atoms with Gasteiger partial charge in [-0.3, -0.25) is 9.69 Å². The Morgan fingerprint density at radius 3 is 2.26 bits per heavy atom. The van der Waals surface area contributed by atoms with Crippen molar-refractivity contribution in [1.82, 2.24) is 4.90 Å². The van der Waals surface area contributed by atoms with Crippen LogP contribution < -0.4 is 9.47 Å². The fraction of sp³-hybridized carbons (Fsp3) is 0.250. The number of sulfone groups is 1. The average molecular weight is 544 g/mol. The highest BCUT2D eigenvalue weighted by molar-refractivity contribution is 7.91. The van der Waals surface area contributed by atoms with Crippen LogP contribution in [0.1, 0.15) is 27.0 Å². The fourth-order valence-corrected chi connectivity index (χ4v) is 6.01. The minimum absolute atomic E-state index is 0.00573. The minimum atomic E-state index is -2.98. The summed E-state index contributed by atoms with van der Waals surface area (Å²) in [6.45, 7) is 1.66. The van der Waals surface area contributed by atoms with Gasteiger partial charge in [0.2, 0.25) is 0 Å². The Bertz CT molecular complexity index is 1550. The number of ketones is 1. The van der Waals surface area contributed by atoms with Crippen LogP contribution in [0.4, 0.5) is 13.2 Å². The van der Waals surface area contributed by atoms with E-state index >= 15 is 0 Å². The van der Waals surface area contributed by atoms with E-state index in [0.29, 0.717) is 30.9 Å². The van der Waals surface area contributed by atoms with Crippen LogP contribution in [-0.4, -0.2) is 64.0 Å². The van der Waals surface area contributed by atoms with Crippen LogP contribution in [0.25, 0.3) is 11.1 Å². The summed E-state index contributed by atoms with van der Waals surface area (Å²) in [4.78, 5) is 15.6. The molecule has 0 N–H and O–H groups in total. The predicted octanol–water partition coefficient (Wildman–Crippen LogP) is 4.38. The van der Waals surface area contributed by atoms with Crippen molar-refractivity contribution in [3.63, 3.8) is 0 Å². The Morgan fingerprint density at radius 1 is 0.842 bits per heavy atom. The van der Waals surface area contributed by atoms with Crippen LogP contribution in [0.2, 0.25) is 0 Å². The summed E-state index contributed by atoms with van der Waals surface area (Å²) in [5.41, 5.74) is 1.22. The van der Waals surface area contributed by atoms with Gasteiger partial charge in [-0.05, 0) is 53.6 Å². The monoisotopic (exact) mass is 543 g/mol. The first-order valence-corrected chi connectivity index (χ1v) is 13.8. The molecule has 1 fully saturated rings. The fourth-order valence-electron chi connectivity index (χ4n) is 4.74. The first-order chi connectivity index (χ1) is 18.2. The molecule has 3 aromatic carbocycles. The first-order valence-electron chi connectivity index (χ1n) is 11.9. The number of halogens is 3. The minimum Gasteiger partial charge on any atom is -0.494 e. The van der Waals surface area contributed by atoms with E-state index in [-0.39, 0.29) is 51.7 Å². The van der Waals surface area contributed by atoms with Crippen LogP contribution in [0.15, 0.2) is 54.6 Å². The molecule has 0 amide bonds. The Hall–Kier alpha value is -3.63. The topological polar surface area (TPSA) is 72.9 Å². The summed E-state index contributed by atoms with van der Waals surface area (Å²) in [5, 5.41) is 0. The number of rotatable bonds is 7. The van der Waals surface area contributed by atoms with Gasteiger partial charge in [0.1, 0.15) is 24.0 Å². The lowest BCUT2D eigenvalue weighted by molar-refractivity contribution is 0.105. The molecule has 0 aromatic heterocycles. The second-order valence-electron chi connectivity index (χ2n) is 9.10. The number of nitrogens with zero attached hydrogens (tertiary/aromatic N) is 1. The van der Waals surface area contributed by atoms with Crippen molar-refractivity contribution in [3.05, 3.63) is 94.3 Å². The van der Waals surface area contributed by atoms with E-state index in [0.717, 1.165) is 18.2 Å². The van der Waals surface area contributed by atoms with Gasteiger partial charge in [-0.2, -0.15) is 0 Å². The molecule has 0 spiro atoms. The molecular formula is C28H24F3NO5S. The predicted molar refractivity (Wildman–Crippen MR) is 137 cm³/mol. The van der Waals surface area contributed by atoms with Gasteiger partial charge in [-0.25, -0.2) is 21.6 Å². The number of fused-ring (bicyclic) bond motifs is 1. The van der Waals surface area contributed by atoms with Crippen LogP contribution in [-0.2, 0) is 9.84 Å². The Balaban J connectivity index is 1.46. The lowest BCUT2D eigenvalue weighted by atomic mass is 9.93. The molecule has 1 saturated heterocycles. The van der Waals surface area contributed by atoms with Crippen molar-refractivity contribution in [1.29, 1.82) is 0 Å². The van der Waals surface area contributed by atoms with Gasteiger partial charge in [0.05, 0.1) is 18.6 Å². The summed E-state index contributed by atoms with van der Waals surface area (Å²) in [7, 11) is -1.66. The highest BCUT2D eigenvalue weighted by Gasteiger charge is 2.33. The number of methoxy groups -OCH3 is 1. The molecule has 0 radical (unpaired) electrons. The van der Waals surface area contributed by atoms with E-state index in [9.17, 15) is 26.4 Å². The molecule has 1 aliphatic heterocycles. The number of carbonyl (C=O) groups excluding carboxylic acids is 1. The molecule has 0 atom stereocenters. The maximum atomic E-state index is 14.9. The lowest BCUT2D eigenvalue weighted by Crippen LogP contribution is -2.42. The van der Waals surface area contributed by atoms with E-state index < -0.39 is 33.1 Å². The highest BCUT2D eigenvalue weighted by Crippen LogP contribution is 2.44. The summed E-state index contributed by atoms with van der Waals surface area (Å²) < 4.78 is 77.2. The summed E-state index contributed by atoms with van der Waals surface area (Å²) in [6.07, 6.45) is 0. The number of hydrogen-bond donors (Lipinski definition) is 0. The molecule has 0 bridgehead atoms. The van der Waals surface area contributed by atoms with Crippen molar-refractivity contribution in [2.24, 2.45) is 0 Å². The molecule has 0 unspecified atom stereocenters. The third kappa shape index (κ3) is 5.06. The van der Waals surface area contributed by atoms with Crippen molar-refractivity contribution in [2.45, 2.75) is 0 Å². The molecule has 198 valence electrons. The van der Waals surface area contributed by atoms with Crippen molar-refractivity contribution >= 4 is 26.8 Å². The van der Waals surface area contributed by atoms with E-state index in [2.05, 4.69) is 0 Å². The molecule has 38 heavy (non-hydrogen) atoms. The third-order valence-corrected chi connectivity index (χ3v) is 8.35. The lowest BCUT2D eigenvalue weighted by Gasteiger charge is -2.26. The summed E-state index contributed by atoms with van der Waals surface area (Å²) in [5.74, 6) is -2.12. The smallest absolute Gasteiger partial charge is 0.195 e. The van der Waals surface area contributed by atoms with Gasteiger partial charge in [0.25, 0.3) is 0 Å². The largest absolute Gasteiger partial charge is 0.494 e. The van der Waals surface area contributed by atoms with E-state index in [1.165, 1.54) is 25.3 Å². The van der Waals surface area contributed by atoms with Crippen molar-refractivity contribution in [2.75, 3.05) is 44.9 Å². The normalized spacial score (nSPS) is 17.0. The molecule has 6 nitrogen and oxygen atoms in total. The average Bonchev–Trinajstić information content (AvgIpc) is 3.16. The van der Waals surface area contributed by atoms with Gasteiger partial charge in [-0.15, -0.1) is 0 Å². The van der Waals surface area contributed by atoms with Crippen molar-refractivity contribution < 1.29 is 35.9 Å². The molecule has 1 aliphatic carbocycles. The standard InChI is InChI=1S/C28H24F3NO5S/c1-36-25-7-2-17(14-24(25)31)26-27(21-5-3-18(29)15-23(21)30)20-6-4-19(16-22(20)28(26)33)37-11-8-32-9-12-38(34,35)13-10-32/h2-7,14-16H,8-13H2,1H3. The number of benzene rings is 3. The molecular weight excluding hydrogens is 519 g/mol. The van der Waals surface area contributed by atoms with E-state index in [1.54, 1.807) is 18.2 Å². The Kier molecular flexibility index (Phi) is 7.02. The maximum Gasteiger partial charge on any atom is 0.195 e. The second-order valence-corrected chi connectivity index (χ2v) is 11.4. The molecule has 0 saturated carbocycles. The molecule has 3 aromatic rings. The quantitative estimate of drug-likeness (QED) is 0.441. The zero-order chi connectivity index (χ0) is 27.0. The van der Waals surface area contributed by atoms with E-state index in [4.69, 9.17) is 9.47 Å². The Morgan fingerprint density at radius 2 is 1.58 bits per heavy atom. The molecule has 10 heteroatoms. The van der Waals surface area contributed by atoms with Crippen LogP contribution in [0.5, 0.6) is 11.5 Å². The van der Waals surface area contributed by atoms with Gasteiger partial charge >= 0.3 is 0 Å². The Labute approximate surface area is 218 Å². The van der Waals surface area contributed by atoms with Gasteiger partial charge in [-0.1, -0.05) is 6.07 Å². The number of carbonyl (C=O) groups is 1. The first kappa shape index (κ1) is 26.0. The van der Waals surface area contributed by atoms with Crippen LogP contribution in [0, 0.1) is 17.5 Å². The van der Waals surface area contributed by atoms with Crippen LogP contribution >= 0.6 is 0 Å². The molecule has 2 aliphatic rings. The van der Waals surface area contributed by atoms with E-state index in [1.807, 2.05) is 4.90 Å². The maximum absolute atomic E-state index is 14.9. The zero-order valence-corrected chi connectivity index (χ0v) is 21.3. The second kappa shape index (κ2) is 10.3.